The molecule has 4 heteroatoms. The van der Waals surface area contributed by atoms with E-state index in [1.54, 1.807) is 6.92 Å². The van der Waals surface area contributed by atoms with Crippen LogP contribution in [0.2, 0.25) is 0 Å². The third kappa shape index (κ3) is 3.43. The molecule has 0 fully saturated rings. The van der Waals surface area contributed by atoms with Crippen molar-refractivity contribution in [1.29, 1.82) is 0 Å². The smallest absolute Gasteiger partial charge is 0.333 e. The number of esters is 1. The average Bonchev–Trinajstić information content (AvgIpc) is 2.12. The Morgan fingerprint density at radius 3 is 2.21 bits per heavy atom. The van der Waals surface area contributed by atoms with Gasteiger partial charge in [-0.15, -0.1) is 0 Å². The van der Waals surface area contributed by atoms with Crippen LogP contribution in [0.25, 0.3) is 0 Å². The molecule has 0 aromatic heterocycles. The fourth-order valence-corrected chi connectivity index (χ4v) is 0.789. The molecule has 0 saturated carbocycles. The van der Waals surface area contributed by atoms with Gasteiger partial charge in [-0.2, -0.15) is 0 Å². The highest BCUT2D eigenvalue weighted by Gasteiger charge is 2.19. The molecule has 14 heavy (non-hydrogen) atoms. The Balaban J connectivity index is 4.45. The molecular formula is C10H15NO3. The molecule has 2 N–H and O–H groups in total. The number of primary amides is 1. The van der Waals surface area contributed by atoms with Crippen LogP contribution in [0, 0.1) is 0 Å². The second kappa shape index (κ2) is 5.21. The average molecular weight is 197 g/mol. The lowest BCUT2D eigenvalue weighted by molar-refractivity contribution is -0.143. The van der Waals surface area contributed by atoms with E-state index < -0.39 is 18.0 Å². The Labute approximate surface area is 83.4 Å². The highest BCUT2D eigenvalue weighted by Crippen LogP contribution is 2.10. The van der Waals surface area contributed by atoms with Gasteiger partial charge in [0.15, 0.2) is 0 Å². The van der Waals surface area contributed by atoms with Crippen molar-refractivity contribution >= 4 is 11.9 Å². The van der Waals surface area contributed by atoms with E-state index in [0.717, 1.165) is 0 Å². The van der Waals surface area contributed by atoms with Crippen molar-refractivity contribution in [3.63, 3.8) is 0 Å². The SMILES string of the molecule is C=C(C)C(=O)OC(CC)C(=C)C(N)=O. The van der Waals surface area contributed by atoms with Gasteiger partial charge in [-0.25, -0.2) is 4.79 Å². The minimum atomic E-state index is -0.661. The first-order valence-corrected chi connectivity index (χ1v) is 4.25. The molecular weight excluding hydrogens is 182 g/mol. The molecule has 1 atom stereocenters. The van der Waals surface area contributed by atoms with Gasteiger partial charge in [-0.1, -0.05) is 20.1 Å². The van der Waals surface area contributed by atoms with E-state index in [1.807, 2.05) is 0 Å². The van der Waals surface area contributed by atoms with Crippen molar-refractivity contribution < 1.29 is 14.3 Å². The molecule has 4 nitrogen and oxygen atoms in total. The number of carbonyl (C=O) groups excluding carboxylic acids is 2. The van der Waals surface area contributed by atoms with E-state index in [9.17, 15) is 9.59 Å². The number of rotatable bonds is 5. The summed E-state index contributed by atoms with van der Waals surface area (Å²) < 4.78 is 4.95. The molecule has 0 aliphatic rings. The molecule has 0 bridgehead atoms. The Morgan fingerprint density at radius 2 is 1.93 bits per heavy atom. The van der Waals surface area contributed by atoms with E-state index in [2.05, 4.69) is 13.2 Å². The summed E-state index contributed by atoms with van der Waals surface area (Å²) in [4.78, 5) is 21.9. The van der Waals surface area contributed by atoms with Crippen molar-refractivity contribution in [3.8, 4) is 0 Å². The molecule has 0 aliphatic heterocycles. The number of hydrogen-bond donors (Lipinski definition) is 1. The third-order valence-electron chi connectivity index (χ3n) is 1.67. The molecule has 0 spiro atoms. The van der Waals surface area contributed by atoms with Crippen LogP contribution in [0.4, 0.5) is 0 Å². The molecule has 0 aliphatic carbocycles. The van der Waals surface area contributed by atoms with Crippen LogP contribution in [0.5, 0.6) is 0 Å². The molecule has 0 saturated heterocycles. The van der Waals surface area contributed by atoms with Crippen LogP contribution in [0.1, 0.15) is 20.3 Å². The maximum Gasteiger partial charge on any atom is 0.333 e. The normalized spacial score (nSPS) is 11.6. The summed E-state index contributed by atoms with van der Waals surface area (Å²) in [5.41, 5.74) is 5.39. The topological polar surface area (TPSA) is 69.4 Å². The number of hydrogen-bond acceptors (Lipinski definition) is 3. The fourth-order valence-electron chi connectivity index (χ4n) is 0.789. The van der Waals surface area contributed by atoms with E-state index in [-0.39, 0.29) is 11.1 Å². The minimum Gasteiger partial charge on any atom is -0.454 e. The van der Waals surface area contributed by atoms with Gasteiger partial charge in [-0.3, -0.25) is 4.79 Å². The monoisotopic (exact) mass is 197 g/mol. The van der Waals surface area contributed by atoms with Gasteiger partial charge < -0.3 is 10.5 Å². The summed E-state index contributed by atoms with van der Waals surface area (Å²) in [6.45, 7) is 10.2. The van der Waals surface area contributed by atoms with Gasteiger partial charge in [-0.05, 0) is 13.3 Å². The zero-order chi connectivity index (χ0) is 11.3. The van der Waals surface area contributed by atoms with Crippen molar-refractivity contribution in [2.45, 2.75) is 26.4 Å². The van der Waals surface area contributed by atoms with Crippen LogP contribution in [-0.4, -0.2) is 18.0 Å². The van der Waals surface area contributed by atoms with Crippen LogP contribution >= 0.6 is 0 Å². The van der Waals surface area contributed by atoms with Crippen molar-refractivity contribution in [3.05, 3.63) is 24.3 Å². The summed E-state index contributed by atoms with van der Waals surface area (Å²) >= 11 is 0. The Hall–Kier alpha value is -1.58. The molecule has 0 rings (SSSR count). The quantitative estimate of drug-likeness (QED) is 0.526. The summed E-state index contributed by atoms with van der Waals surface area (Å²) in [5, 5.41) is 0. The van der Waals surface area contributed by atoms with Crippen molar-refractivity contribution in [2.24, 2.45) is 5.73 Å². The maximum atomic E-state index is 11.1. The lowest BCUT2D eigenvalue weighted by Gasteiger charge is -2.16. The van der Waals surface area contributed by atoms with E-state index >= 15 is 0 Å². The highest BCUT2D eigenvalue weighted by molar-refractivity contribution is 5.93. The lowest BCUT2D eigenvalue weighted by Crippen LogP contribution is -2.27. The first-order valence-electron chi connectivity index (χ1n) is 4.25. The molecule has 0 heterocycles. The number of amides is 1. The first-order chi connectivity index (χ1) is 6.40. The van der Waals surface area contributed by atoms with Crippen LogP contribution in [0.15, 0.2) is 24.3 Å². The molecule has 0 aromatic carbocycles. The minimum absolute atomic E-state index is 0.0992. The Morgan fingerprint density at radius 1 is 1.43 bits per heavy atom. The van der Waals surface area contributed by atoms with Crippen molar-refractivity contribution in [2.75, 3.05) is 0 Å². The van der Waals surface area contributed by atoms with Gasteiger partial charge in [0, 0.05) is 11.1 Å². The summed E-state index contributed by atoms with van der Waals surface area (Å²) in [7, 11) is 0. The van der Waals surface area contributed by atoms with Crippen LogP contribution in [0.3, 0.4) is 0 Å². The standard InChI is InChI=1S/C10H15NO3/c1-5-8(7(4)9(11)12)14-10(13)6(2)3/h8H,2,4-5H2,1,3H3,(H2,11,12). The number of nitrogens with two attached hydrogens (primary N) is 1. The third-order valence-corrected chi connectivity index (χ3v) is 1.67. The van der Waals surface area contributed by atoms with Gasteiger partial charge in [0.25, 0.3) is 0 Å². The van der Waals surface area contributed by atoms with Crippen LogP contribution in [-0.2, 0) is 14.3 Å². The Bertz CT molecular complexity index is 281. The second-order valence-corrected chi connectivity index (χ2v) is 2.97. The highest BCUT2D eigenvalue weighted by atomic mass is 16.5. The lowest BCUT2D eigenvalue weighted by atomic mass is 10.1. The van der Waals surface area contributed by atoms with E-state index in [1.165, 1.54) is 6.92 Å². The molecule has 1 unspecified atom stereocenters. The molecule has 78 valence electrons. The predicted molar refractivity (Wildman–Crippen MR) is 53.3 cm³/mol. The maximum absolute atomic E-state index is 11.1. The second-order valence-electron chi connectivity index (χ2n) is 2.97. The summed E-state index contributed by atoms with van der Waals surface area (Å²) in [6.07, 6.45) is -0.197. The fraction of sp³-hybridized carbons (Fsp3) is 0.400. The van der Waals surface area contributed by atoms with Gasteiger partial charge in [0.1, 0.15) is 6.10 Å². The number of carbonyl (C=O) groups is 2. The zero-order valence-corrected chi connectivity index (χ0v) is 8.50. The van der Waals surface area contributed by atoms with Gasteiger partial charge in [0.05, 0.1) is 0 Å². The number of ether oxygens (including phenoxy) is 1. The summed E-state index contributed by atoms with van der Waals surface area (Å²) in [6, 6.07) is 0. The first kappa shape index (κ1) is 12.4. The predicted octanol–water partition coefficient (Wildman–Crippen LogP) is 0.926. The zero-order valence-electron chi connectivity index (χ0n) is 8.50. The van der Waals surface area contributed by atoms with E-state index in [4.69, 9.17) is 10.5 Å². The van der Waals surface area contributed by atoms with Crippen LogP contribution < -0.4 is 5.73 Å². The largest absolute Gasteiger partial charge is 0.454 e. The summed E-state index contributed by atoms with van der Waals surface area (Å²) in [5.74, 6) is -1.20. The van der Waals surface area contributed by atoms with Gasteiger partial charge >= 0.3 is 5.97 Å². The molecule has 0 radical (unpaired) electrons. The molecule has 1 amide bonds. The van der Waals surface area contributed by atoms with Gasteiger partial charge in [0.2, 0.25) is 5.91 Å². The Kier molecular flexibility index (Phi) is 4.63. The molecule has 0 aromatic rings. The van der Waals surface area contributed by atoms with Crippen molar-refractivity contribution in [1.82, 2.24) is 0 Å². The van der Waals surface area contributed by atoms with E-state index in [0.29, 0.717) is 6.42 Å².